The summed E-state index contributed by atoms with van der Waals surface area (Å²) in [6, 6.07) is 3.65. The molecule has 0 unspecified atom stereocenters. The first-order valence-electron chi connectivity index (χ1n) is 4.98. The molecule has 3 nitrogen and oxygen atoms in total. The minimum absolute atomic E-state index is 0.438. The minimum Gasteiger partial charge on any atom is -0.364 e. The highest BCUT2D eigenvalue weighted by Crippen LogP contribution is 2.31. The topological polar surface area (TPSA) is 48.0 Å². The van der Waals surface area contributed by atoms with Gasteiger partial charge in [0.2, 0.25) is 0 Å². The summed E-state index contributed by atoms with van der Waals surface area (Å²) >= 11 is 6.16. The molecule has 1 aromatic heterocycles. The van der Waals surface area contributed by atoms with Gasteiger partial charge in [-0.1, -0.05) is 11.6 Å². The number of amides is 1. The van der Waals surface area contributed by atoms with Crippen LogP contribution in [0.3, 0.4) is 0 Å². The molecule has 0 fully saturated rings. The Morgan fingerprint density at radius 3 is 2.56 bits per heavy atom. The molecular weight excluding hydrogens is 224 g/mol. The highest BCUT2D eigenvalue weighted by atomic mass is 35.5. The lowest BCUT2D eigenvalue weighted by molar-refractivity contribution is 0.0993. The second-order valence-electron chi connectivity index (χ2n) is 4.02. The molecule has 1 heterocycles. The highest BCUT2D eigenvalue weighted by Gasteiger charge is 2.15. The van der Waals surface area contributed by atoms with Gasteiger partial charge < -0.3 is 10.3 Å². The largest absolute Gasteiger partial charge is 0.364 e. The zero-order valence-corrected chi connectivity index (χ0v) is 10.2. The third-order valence-corrected chi connectivity index (χ3v) is 3.35. The van der Waals surface area contributed by atoms with E-state index in [0.717, 1.165) is 22.0 Å². The summed E-state index contributed by atoms with van der Waals surface area (Å²) in [5.74, 6) is -0.438. The van der Waals surface area contributed by atoms with Crippen LogP contribution in [-0.2, 0) is 7.05 Å². The Morgan fingerprint density at radius 1 is 1.38 bits per heavy atom. The molecule has 16 heavy (non-hydrogen) atoms. The highest BCUT2D eigenvalue weighted by molar-refractivity contribution is 6.35. The Bertz CT molecular complexity index is 599. The van der Waals surface area contributed by atoms with E-state index in [9.17, 15) is 4.79 Å². The van der Waals surface area contributed by atoms with Gasteiger partial charge in [0.05, 0.1) is 10.5 Å². The van der Waals surface area contributed by atoms with E-state index < -0.39 is 5.91 Å². The molecule has 4 heteroatoms. The maximum absolute atomic E-state index is 11.3. The number of primary amides is 1. The quantitative estimate of drug-likeness (QED) is 0.813. The Morgan fingerprint density at radius 2 is 2.00 bits per heavy atom. The molecule has 0 radical (unpaired) electrons. The monoisotopic (exact) mass is 236 g/mol. The Balaban J connectivity index is 2.97. The van der Waals surface area contributed by atoms with Crippen molar-refractivity contribution in [1.82, 2.24) is 4.57 Å². The Kier molecular flexibility index (Phi) is 2.43. The number of nitrogens with zero attached hydrogens (tertiary/aromatic N) is 1. The van der Waals surface area contributed by atoms with Crippen LogP contribution in [0, 0.1) is 13.8 Å². The van der Waals surface area contributed by atoms with Crippen molar-refractivity contribution in [2.45, 2.75) is 13.8 Å². The van der Waals surface area contributed by atoms with Crippen LogP contribution in [0.5, 0.6) is 0 Å². The van der Waals surface area contributed by atoms with E-state index in [1.54, 1.807) is 10.6 Å². The third-order valence-electron chi connectivity index (χ3n) is 3.03. The van der Waals surface area contributed by atoms with Gasteiger partial charge in [0.1, 0.15) is 5.69 Å². The number of halogens is 1. The third kappa shape index (κ3) is 1.39. The molecule has 0 saturated heterocycles. The molecule has 0 aliphatic rings. The predicted molar refractivity (Wildman–Crippen MR) is 65.9 cm³/mol. The van der Waals surface area contributed by atoms with Gasteiger partial charge in [-0.2, -0.15) is 0 Å². The van der Waals surface area contributed by atoms with Gasteiger partial charge in [0.25, 0.3) is 5.91 Å². The van der Waals surface area contributed by atoms with E-state index in [-0.39, 0.29) is 0 Å². The van der Waals surface area contributed by atoms with Crippen molar-refractivity contribution in [2.75, 3.05) is 0 Å². The average Bonchev–Trinajstić information content (AvgIpc) is 2.53. The van der Waals surface area contributed by atoms with Crippen LogP contribution in [0.15, 0.2) is 12.1 Å². The number of carbonyl (C=O) groups is 1. The first-order chi connectivity index (χ1) is 7.43. The van der Waals surface area contributed by atoms with Gasteiger partial charge in [0.15, 0.2) is 0 Å². The average molecular weight is 237 g/mol. The SMILES string of the molecule is Cc1cc(Cl)c2cc(C(N)=O)n(C)c2c1C. The van der Waals surface area contributed by atoms with E-state index in [4.69, 9.17) is 17.3 Å². The van der Waals surface area contributed by atoms with E-state index in [1.165, 1.54) is 0 Å². The molecule has 0 aliphatic carbocycles. The fourth-order valence-electron chi connectivity index (χ4n) is 2.04. The van der Waals surface area contributed by atoms with Crippen LogP contribution in [0.4, 0.5) is 0 Å². The minimum atomic E-state index is -0.438. The molecule has 84 valence electrons. The molecule has 0 aliphatic heterocycles. The van der Waals surface area contributed by atoms with E-state index in [2.05, 4.69) is 0 Å². The molecule has 0 atom stereocenters. The van der Waals surface area contributed by atoms with Crippen molar-refractivity contribution >= 4 is 28.4 Å². The number of benzene rings is 1. The van der Waals surface area contributed by atoms with E-state index in [0.29, 0.717) is 10.7 Å². The molecule has 0 spiro atoms. The lowest BCUT2D eigenvalue weighted by Crippen LogP contribution is -2.15. The number of hydrogen-bond acceptors (Lipinski definition) is 1. The first kappa shape index (κ1) is 11.0. The molecule has 0 bridgehead atoms. The number of hydrogen-bond donors (Lipinski definition) is 1. The summed E-state index contributed by atoms with van der Waals surface area (Å²) in [5.41, 5.74) is 8.99. The Labute approximate surface area is 98.8 Å². The molecule has 0 saturated carbocycles. The fourth-order valence-corrected chi connectivity index (χ4v) is 2.35. The van der Waals surface area contributed by atoms with Crippen molar-refractivity contribution in [1.29, 1.82) is 0 Å². The first-order valence-corrected chi connectivity index (χ1v) is 5.36. The van der Waals surface area contributed by atoms with Crippen LogP contribution in [0.1, 0.15) is 21.6 Å². The standard InChI is InChI=1S/C12H13ClN2O/c1-6-4-9(13)8-5-10(12(14)16)15(3)11(8)7(6)2/h4-5H,1-3H3,(H2,14,16). The maximum Gasteiger partial charge on any atom is 0.265 e. The van der Waals surface area contributed by atoms with Crippen molar-refractivity contribution in [3.05, 3.63) is 34.0 Å². The van der Waals surface area contributed by atoms with E-state index >= 15 is 0 Å². The molecule has 2 rings (SSSR count). The van der Waals surface area contributed by atoms with Crippen LogP contribution >= 0.6 is 11.6 Å². The molecule has 1 amide bonds. The zero-order valence-electron chi connectivity index (χ0n) is 9.47. The molecule has 2 N–H and O–H groups in total. The number of carbonyl (C=O) groups excluding carboxylic acids is 1. The summed E-state index contributed by atoms with van der Waals surface area (Å²) < 4.78 is 1.80. The van der Waals surface area contributed by atoms with Crippen LogP contribution < -0.4 is 5.73 Å². The number of rotatable bonds is 1. The van der Waals surface area contributed by atoms with E-state index in [1.807, 2.05) is 27.0 Å². The maximum atomic E-state index is 11.3. The molecule has 1 aromatic carbocycles. The number of fused-ring (bicyclic) bond motifs is 1. The molecule has 2 aromatic rings. The van der Waals surface area contributed by atoms with Crippen LogP contribution in [0.2, 0.25) is 5.02 Å². The predicted octanol–water partition coefficient (Wildman–Crippen LogP) is 2.55. The normalized spacial score (nSPS) is 11.0. The summed E-state index contributed by atoms with van der Waals surface area (Å²) in [6.07, 6.45) is 0. The van der Waals surface area contributed by atoms with Crippen molar-refractivity contribution in [2.24, 2.45) is 12.8 Å². The van der Waals surface area contributed by atoms with Gasteiger partial charge in [0, 0.05) is 12.4 Å². The smallest absolute Gasteiger partial charge is 0.265 e. The zero-order chi connectivity index (χ0) is 12.0. The molecular formula is C12H13ClN2O. The van der Waals surface area contributed by atoms with Gasteiger partial charge in [-0.3, -0.25) is 4.79 Å². The van der Waals surface area contributed by atoms with Gasteiger partial charge in [-0.05, 0) is 37.1 Å². The van der Waals surface area contributed by atoms with Gasteiger partial charge in [-0.25, -0.2) is 0 Å². The van der Waals surface area contributed by atoms with Crippen LogP contribution in [-0.4, -0.2) is 10.5 Å². The summed E-state index contributed by atoms with van der Waals surface area (Å²) in [5, 5.41) is 1.53. The lowest BCUT2D eigenvalue weighted by Gasteiger charge is -2.07. The lowest BCUT2D eigenvalue weighted by atomic mass is 10.1. The van der Waals surface area contributed by atoms with Crippen molar-refractivity contribution in [3.8, 4) is 0 Å². The summed E-state index contributed by atoms with van der Waals surface area (Å²) in [6.45, 7) is 4.01. The number of aryl methyl sites for hydroxylation is 3. The van der Waals surface area contributed by atoms with Gasteiger partial charge >= 0.3 is 0 Å². The fraction of sp³-hybridized carbons (Fsp3) is 0.250. The number of nitrogens with two attached hydrogens (primary N) is 1. The van der Waals surface area contributed by atoms with Gasteiger partial charge in [-0.15, -0.1) is 0 Å². The second-order valence-corrected chi connectivity index (χ2v) is 4.42. The summed E-state index contributed by atoms with van der Waals surface area (Å²) in [4.78, 5) is 11.3. The number of aromatic nitrogens is 1. The summed E-state index contributed by atoms with van der Waals surface area (Å²) in [7, 11) is 1.82. The van der Waals surface area contributed by atoms with Crippen molar-refractivity contribution in [3.63, 3.8) is 0 Å². The Hall–Kier alpha value is -1.48. The van der Waals surface area contributed by atoms with Crippen LogP contribution in [0.25, 0.3) is 10.9 Å². The second kappa shape index (κ2) is 3.52. The van der Waals surface area contributed by atoms with Crippen molar-refractivity contribution < 1.29 is 4.79 Å².